The van der Waals surface area contributed by atoms with Gasteiger partial charge in [0, 0.05) is 29.4 Å². The molecule has 0 fully saturated rings. The molecule has 0 spiro atoms. The first-order chi connectivity index (χ1) is 9.70. The van der Waals surface area contributed by atoms with Crippen LogP contribution >= 0.6 is 0 Å². The van der Waals surface area contributed by atoms with Gasteiger partial charge in [-0.3, -0.25) is 4.79 Å². The summed E-state index contributed by atoms with van der Waals surface area (Å²) >= 11 is 0. The molecule has 3 aromatic heterocycles. The first-order valence-corrected chi connectivity index (χ1v) is 6.48. The molecule has 3 aromatic rings. The van der Waals surface area contributed by atoms with Crippen molar-refractivity contribution in [3.8, 4) is 0 Å². The smallest absolute Gasteiger partial charge is 0.152 e. The standard InChI is InChI=1S/C14H15N5O/c1-10(2)19-13(16-9-17-19)7-18-6-11(8-20)12-4-3-5-15-14(12)18/h3-6,8-10H,7H2,1-2H3. The van der Waals surface area contributed by atoms with Gasteiger partial charge in [0.05, 0.1) is 6.54 Å². The Morgan fingerprint density at radius 2 is 2.20 bits per heavy atom. The van der Waals surface area contributed by atoms with Crippen LogP contribution in [0, 0.1) is 0 Å². The van der Waals surface area contributed by atoms with E-state index in [9.17, 15) is 4.79 Å². The molecule has 3 heterocycles. The summed E-state index contributed by atoms with van der Waals surface area (Å²) in [7, 11) is 0. The van der Waals surface area contributed by atoms with Gasteiger partial charge >= 0.3 is 0 Å². The Labute approximate surface area is 116 Å². The first-order valence-electron chi connectivity index (χ1n) is 6.48. The summed E-state index contributed by atoms with van der Waals surface area (Å²) in [5.41, 5.74) is 1.43. The predicted molar refractivity (Wildman–Crippen MR) is 74.6 cm³/mol. The second-order valence-electron chi connectivity index (χ2n) is 4.92. The molecule has 0 bridgehead atoms. The van der Waals surface area contributed by atoms with Gasteiger partial charge < -0.3 is 4.57 Å². The highest BCUT2D eigenvalue weighted by Crippen LogP contribution is 2.19. The Hall–Kier alpha value is -2.50. The number of hydrogen-bond acceptors (Lipinski definition) is 4. The molecule has 0 saturated carbocycles. The van der Waals surface area contributed by atoms with E-state index in [4.69, 9.17) is 0 Å². The van der Waals surface area contributed by atoms with E-state index in [1.54, 1.807) is 12.5 Å². The van der Waals surface area contributed by atoms with Crippen LogP contribution in [-0.4, -0.2) is 30.6 Å². The lowest BCUT2D eigenvalue weighted by molar-refractivity contribution is 0.112. The molecule has 0 aromatic carbocycles. The minimum atomic E-state index is 0.243. The lowest BCUT2D eigenvalue weighted by Crippen LogP contribution is -2.11. The fourth-order valence-corrected chi connectivity index (χ4v) is 2.34. The average molecular weight is 269 g/mol. The van der Waals surface area contributed by atoms with E-state index in [-0.39, 0.29) is 6.04 Å². The third kappa shape index (κ3) is 1.99. The van der Waals surface area contributed by atoms with Gasteiger partial charge in [0.2, 0.25) is 0 Å². The number of nitrogens with zero attached hydrogens (tertiary/aromatic N) is 5. The van der Waals surface area contributed by atoms with Gasteiger partial charge in [-0.15, -0.1) is 0 Å². The zero-order chi connectivity index (χ0) is 14.1. The van der Waals surface area contributed by atoms with Crippen molar-refractivity contribution >= 4 is 17.3 Å². The topological polar surface area (TPSA) is 65.6 Å². The van der Waals surface area contributed by atoms with Crippen LogP contribution < -0.4 is 0 Å². The third-order valence-electron chi connectivity index (χ3n) is 3.24. The largest absolute Gasteiger partial charge is 0.324 e. The molecule has 0 aliphatic heterocycles. The van der Waals surface area contributed by atoms with E-state index in [1.807, 2.05) is 27.6 Å². The van der Waals surface area contributed by atoms with Crippen molar-refractivity contribution < 1.29 is 4.79 Å². The van der Waals surface area contributed by atoms with Crippen LogP contribution in [0.25, 0.3) is 11.0 Å². The zero-order valence-corrected chi connectivity index (χ0v) is 11.4. The maximum Gasteiger partial charge on any atom is 0.152 e. The number of pyridine rings is 1. The highest BCUT2D eigenvalue weighted by Gasteiger charge is 2.13. The number of carbonyl (C=O) groups is 1. The first kappa shape index (κ1) is 12.5. The fourth-order valence-electron chi connectivity index (χ4n) is 2.34. The Morgan fingerprint density at radius 3 is 2.95 bits per heavy atom. The van der Waals surface area contributed by atoms with Crippen molar-refractivity contribution in [2.45, 2.75) is 26.4 Å². The molecule has 0 unspecified atom stereocenters. The van der Waals surface area contributed by atoms with Crippen molar-refractivity contribution in [1.29, 1.82) is 0 Å². The molecule has 102 valence electrons. The van der Waals surface area contributed by atoms with Gasteiger partial charge in [-0.2, -0.15) is 5.10 Å². The second kappa shape index (κ2) is 4.88. The molecular weight excluding hydrogens is 254 g/mol. The lowest BCUT2D eigenvalue weighted by Gasteiger charge is -2.10. The molecule has 0 aliphatic rings. The Kier molecular flexibility index (Phi) is 3.06. The van der Waals surface area contributed by atoms with E-state index >= 15 is 0 Å². The monoisotopic (exact) mass is 269 g/mol. The Balaban J connectivity index is 2.07. The molecule has 20 heavy (non-hydrogen) atoms. The van der Waals surface area contributed by atoms with E-state index in [2.05, 4.69) is 28.9 Å². The van der Waals surface area contributed by atoms with Crippen LogP contribution in [0.4, 0.5) is 0 Å². The average Bonchev–Trinajstić information content (AvgIpc) is 3.04. The van der Waals surface area contributed by atoms with Gasteiger partial charge in [-0.1, -0.05) is 0 Å². The van der Waals surface area contributed by atoms with Crippen molar-refractivity contribution in [1.82, 2.24) is 24.3 Å². The third-order valence-corrected chi connectivity index (χ3v) is 3.24. The molecule has 6 nitrogen and oxygen atoms in total. The number of aldehydes is 1. The van der Waals surface area contributed by atoms with Crippen molar-refractivity contribution in [3.05, 3.63) is 42.2 Å². The van der Waals surface area contributed by atoms with Crippen LogP contribution in [0.15, 0.2) is 30.9 Å². The second-order valence-corrected chi connectivity index (χ2v) is 4.92. The normalized spacial score (nSPS) is 11.3. The van der Waals surface area contributed by atoms with Crippen molar-refractivity contribution in [2.75, 3.05) is 0 Å². The summed E-state index contributed by atoms with van der Waals surface area (Å²) in [6.45, 7) is 4.65. The summed E-state index contributed by atoms with van der Waals surface area (Å²) in [6.07, 6.45) is 5.94. The predicted octanol–water partition coefficient (Wildman–Crippen LogP) is 2.07. The summed E-state index contributed by atoms with van der Waals surface area (Å²) in [6, 6.07) is 3.97. The van der Waals surface area contributed by atoms with Gasteiger partial charge in [-0.25, -0.2) is 14.6 Å². The van der Waals surface area contributed by atoms with E-state index < -0.39 is 0 Å². The number of fused-ring (bicyclic) bond motifs is 1. The molecule has 0 saturated heterocycles. The molecule has 0 radical (unpaired) electrons. The molecular formula is C14H15N5O. The van der Waals surface area contributed by atoms with Crippen LogP contribution in [0.3, 0.4) is 0 Å². The van der Waals surface area contributed by atoms with Gasteiger partial charge in [0.1, 0.15) is 17.8 Å². The molecule has 6 heteroatoms. The van der Waals surface area contributed by atoms with Gasteiger partial charge in [-0.05, 0) is 26.0 Å². The number of rotatable bonds is 4. The molecule has 3 rings (SSSR count). The summed E-state index contributed by atoms with van der Waals surface area (Å²) < 4.78 is 3.80. The highest BCUT2D eigenvalue weighted by atomic mass is 16.1. The quantitative estimate of drug-likeness (QED) is 0.680. The minimum Gasteiger partial charge on any atom is -0.324 e. The van der Waals surface area contributed by atoms with Crippen LogP contribution in [0.5, 0.6) is 0 Å². The lowest BCUT2D eigenvalue weighted by atomic mass is 10.2. The van der Waals surface area contributed by atoms with Crippen LogP contribution in [0.2, 0.25) is 0 Å². The number of aromatic nitrogens is 5. The SMILES string of the molecule is CC(C)n1ncnc1Cn1cc(C=O)c2cccnc21. The summed E-state index contributed by atoms with van der Waals surface area (Å²) in [4.78, 5) is 19.8. The van der Waals surface area contributed by atoms with Crippen LogP contribution in [-0.2, 0) is 6.54 Å². The molecule has 0 amide bonds. The van der Waals surface area contributed by atoms with Crippen molar-refractivity contribution in [2.24, 2.45) is 0 Å². The van der Waals surface area contributed by atoms with E-state index in [0.29, 0.717) is 12.1 Å². The van der Waals surface area contributed by atoms with E-state index in [1.165, 1.54) is 0 Å². The van der Waals surface area contributed by atoms with Crippen LogP contribution in [0.1, 0.15) is 36.1 Å². The van der Waals surface area contributed by atoms with Gasteiger partial charge in [0.25, 0.3) is 0 Å². The molecule has 0 aliphatic carbocycles. The van der Waals surface area contributed by atoms with E-state index in [0.717, 1.165) is 23.1 Å². The Bertz CT molecular complexity index is 756. The maximum absolute atomic E-state index is 11.1. The number of carbonyl (C=O) groups excluding carboxylic acids is 1. The summed E-state index contributed by atoms with van der Waals surface area (Å²) in [5.74, 6) is 0.847. The number of hydrogen-bond donors (Lipinski definition) is 0. The highest BCUT2D eigenvalue weighted by molar-refractivity contribution is 5.95. The minimum absolute atomic E-state index is 0.243. The fraction of sp³-hybridized carbons (Fsp3) is 0.286. The molecule has 0 N–H and O–H groups in total. The Morgan fingerprint density at radius 1 is 1.35 bits per heavy atom. The maximum atomic E-state index is 11.1. The van der Waals surface area contributed by atoms with Gasteiger partial charge in [0.15, 0.2) is 6.29 Å². The molecule has 0 atom stereocenters. The van der Waals surface area contributed by atoms with Crippen molar-refractivity contribution in [3.63, 3.8) is 0 Å². The summed E-state index contributed by atoms with van der Waals surface area (Å²) in [5, 5.41) is 5.08. The zero-order valence-electron chi connectivity index (χ0n) is 11.4.